The van der Waals surface area contributed by atoms with Crippen LogP contribution in [-0.2, 0) is 11.2 Å². The van der Waals surface area contributed by atoms with Gasteiger partial charge in [-0.15, -0.1) is 11.3 Å². The maximum Gasteiger partial charge on any atom is 0.230 e. The van der Waals surface area contributed by atoms with Crippen LogP contribution in [0.2, 0.25) is 0 Å². The fourth-order valence-corrected chi connectivity index (χ4v) is 3.20. The average Bonchev–Trinajstić information content (AvgIpc) is 2.83. The van der Waals surface area contributed by atoms with Gasteiger partial charge in [0.05, 0.1) is 6.61 Å². The van der Waals surface area contributed by atoms with Crippen LogP contribution in [0.15, 0.2) is 16.7 Å². The molecular weight excluding hydrogens is 248 g/mol. The first-order chi connectivity index (χ1) is 8.78. The molecule has 0 aliphatic heterocycles. The molecule has 2 atom stereocenters. The fraction of sp³-hybridized carbons (Fsp3) is 0.538. The van der Waals surface area contributed by atoms with Gasteiger partial charge in [0, 0.05) is 35.1 Å². The van der Waals surface area contributed by atoms with Gasteiger partial charge in [-0.3, -0.25) is 0 Å². The van der Waals surface area contributed by atoms with E-state index in [1.807, 2.05) is 11.3 Å². The topological polar surface area (TPSA) is 48.2 Å². The van der Waals surface area contributed by atoms with Crippen LogP contribution in [0.25, 0.3) is 0 Å². The summed E-state index contributed by atoms with van der Waals surface area (Å²) in [6, 6.07) is 4.39. The van der Waals surface area contributed by atoms with Crippen molar-refractivity contribution >= 4 is 11.3 Å². The number of nitrogens with zero attached hydrogens (tertiary/aromatic N) is 2. The van der Waals surface area contributed by atoms with Crippen molar-refractivity contribution in [3.05, 3.63) is 33.6 Å². The zero-order chi connectivity index (χ0) is 12.5. The predicted octanol–water partition coefficient (Wildman–Crippen LogP) is 2.90. The molecule has 2 aromatic heterocycles. The highest BCUT2D eigenvalue weighted by molar-refractivity contribution is 7.12. The number of aryl methyl sites for hydroxylation is 1. The van der Waals surface area contributed by atoms with E-state index in [0.717, 1.165) is 24.6 Å². The Morgan fingerprint density at radius 1 is 1.44 bits per heavy atom. The third-order valence-corrected chi connectivity index (χ3v) is 4.38. The van der Waals surface area contributed by atoms with Gasteiger partial charge in [0.25, 0.3) is 0 Å². The van der Waals surface area contributed by atoms with Crippen LogP contribution in [0.4, 0.5) is 0 Å². The van der Waals surface area contributed by atoms with Gasteiger partial charge < -0.3 is 9.26 Å². The molecule has 0 amide bonds. The Hall–Kier alpha value is -1.20. The first-order valence-electron chi connectivity index (χ1n) is 6.15. The molecule has 5 heteroatoms. The SMILES string of the molecule is COCCc1noc([C@H]2C[C@@H]2c2ccc(C)s2)n1. The minimum Gasteiger partial charge on any atom is -0.384 e. The molecule has 1 saturated carbocycles. The summed E-state index contributed by atoms with van der Waals surface area (Å²) in [6.07, 6.45) is 1.85. The summed E-state index contributed by atoms with van der Waals surface area (Å²) >= 11 is 1.87. The normalized spacial score (nSPS) is 22.3. The van der Waals surface area contributed by atoms with E-state index in [4.69, 9.17) is 9.26 Å². The Labute approximate surface area is 110 Å². The van der Waals surface area contributed by atoms with Gasteiger partial charge in [0.1, 0.15) is 0 Å². The summed E-state index contributed by atoms with van der Waals surface area (Å²) in [7, 11) is 1.68. The summed E-state index contributed by atoms with van der Waals surface area (Å²) in [4.78, 5) is 7.24. The molecule has 0 bridgehead atoms. The number of rotatable bonds is 5. The molecule has 1 fully saturated rings. The van der Waals surface area contributed by atoms with Crippen LogP contribution < -0.4 is 0 Å². The van der Waals surface area contributed by atoms with Crippen LogP contribution in [0, 0.1) is 6.92 Å². The molecule has 2 heterocycles. The first-order valence-corrected chi connectivity index (χ1v) is 6.97. The zero-order valence-electron chi connectivity index (χ0n) is 10.5. The van der Waals surface area contributed by atoms with Crippen molar-refractivity contribution in [2.75, 3.05) is 13.7 Å². The second-order valence-electron chi connectivity index (χ2n) is 4.69. The molecule has 96 valence electrons. The largest absolute Gasteiger partial charge is 0.384 e. The van der Waals surface area contributed by atoms with Crippen molar-refractivity contribution in [2.24, 2.45) is 0 Å². The van der Waals surface area contributed by atoms with Crippen LogP contribution in [0.1, 0.15) is 39.7 Å². The first kappa shape index (κ1) is 11.9. The van der Waals surface area contributed by atoms with Crippen molar-refractivity contribution in [1.29, 1.82) is 0 Å². The van der Waals surface area contributed by atoms with Gasteiger partial charge in [-0.1, -0.05) is 5.16 Å². The molecule has 0 aromatic carbocycles. The lowest BCUT2D eigenvalue weighted by atomic mass is 10.2. The molecule has 3 rings (SSSR count). The molecule has 0 N–H and O–H groups in total. The second kappa shape index (κ2) is 4.82. The summed E-state index contributed by atoms with van der Waals surface area (Å²) in [6.45, 7) is 2.78. The minimum absolute atomic E-state index is 0.423. The Balaban J connectivity index is 1.65. The number of methoxy groups -OCH3 is 1. The van der Waals surface area contributed by atoms with Gasteiger partial charge in [0.2, 0.25) is 5.89 Å². The highest BCUT2D eigenvalue weighted by Gasteiger charge is 2.44. The van der Waals surface area contributed by atoms with Crippen LogP contribution in [-0.4, -0.2) is 23.9 Å². The van der Waals surface area contributed by atoms with Crippen molar-refractivity contribution in [2.45, 2.75) is 31.6 Å². The Morgan fingerprint density at radius 2 is 2.33 bits per heavy atom. The van der Waals surface area contributed by atoms with Gasteiger partial charge in [-0.2, -0.15) is 4.98 Å². The third-order valence-electron chi connectivity index (χ3n) is 3.25. The monoisotopic (exact) mass is 264 g/mol. The summed E-state index contributed by atoms with van der Waals surface area (Å²) in [5.74, 6) is 2.54. The van der Waals surface area contributed by atoms with Crippen molar-refractivity contribution < 1.29 is 9.26 Å². The van der Waals surface area contributed by atoms with Crippen molar-refractivity contribution in [3.8, 4) is 0 Å². The van der Waals surface area contributed by atoms with Crippen LogP contribution in [0.3, 0.4) is 0 Å². The lowest BCUT2D eigenvalue weighted by molar-refractivity contribution is 0.199. The molecule has 0 unspecified atom stereocenters. The predicted molar refractivity (Wildman–Crippen MR) is 69.0 cm³/mol. The third kappa shape index (κ3) is 2.33. The number of hydrogen-bond donors (Lipinski definition) is 0. The molecule has 2 aromatic rings. The zero-order valence-corrected chi connectivity index (χ0v) is 11.4. The molecule has 0 saturated heterocycles. The molecule has 1 aliphatic rings. The summed E-state index contributed by atoms with van der Waals surface area (Å²) < 4.78 is 10.3. The lowest BCUT2D eigenvalue weighted by Crippen LogP contribution is -1.96. The summed E-state index contributed by atoms with van der Waals surface area (Å²) in [5, 5.41) is 3.99. The molecular formula is C13H16N2O2S. The molecule has 4 nitrogen and oxygen atoms in total. The second-order valence-corrected chi connectivity index (χ2v) is 6.01. The van der Waals surface area contributed by atoms with Crippen molar-refractivity contribution in [1.82, 2.24) is 10.1 Å². The maximum atomic E-state index is 5.33. The van der Waals surface area contributed by atoms with E-state index < -0.39 is 0 Å². The molecule has 0 radical (unpaired) electrons. The van der Waals surface area contributed by atoms with E-state index in [2.05, 4.69) is 29.2 Å². The van der Waals surface area contributed by atoms with E-state index >= 15 is 0 Å². The Kier molecular flexibility index (Phi) is 3.18. The summed E-state index contributed by atoms with van der Waals surface area (Å²) in [5.41, 5.74) is 0. The number of thiophene rings is 1. The highest BCUT2D eigenvalue weighted by atomic mass is 32.1. The number of aromatic nitrogens is 2. The average molecular weight is 264 g/mol. The standard InChI is InChI=1S/C13H16N2O2S/c1-8-3-4-11(18-8)9-7-10(9)13-14-12(15-17-13)5-6-16-2/h3-4,9-10H,5-7H2,1-2H3/t9-,10-/m0/s1. The smallest absolute Gasteiger partial charge is 0.230 e. The van der Waals surface area contributed by atoms with Crippen LogP contribution >= 0.6 is 11.3 Å². The van der Waals surface area contributed by atoms with Gasteiger partial charge in [-0.05, 0) is 25.5 Å². The van der Waals surface area contributed by atoms with E-state index in [1.54, 1.807) is 7.11 Å². The molecule has 1 aliphatic carbocycles. The Morgan fingerprint density at radius 3 is 3.06 bits per heavy atom. The van der Waals surface area contributed by atoms with Gasteiger partial charge in [-0.25, -0.2) is 0 Å². The number of ether oxygens (including phenoxy) is 1. The van der Waals surface area contributed by atoms with E-state index in [-0.39, 0.29) is 0 Å². The Bertz CT molecular complexity index is 535. The van der Waals surface area contributed by atoms with Gasteiger partial charge in [0.15, 0.2) is 5.82 Å². The minimum atomic E-state index is 0.423. The highest BCUT2D eigenvalue weighted by Crippen LogP contribution is 2.55. The quantitative estimate of drug-likeness (QED) is 0.833. The number of hydrogen-bond acceptors (Lipinski definition) is 5. The lowest BCUT2D eigenvalue weighted by Gasteiger charge is -1.91. The van der Waals surface area contributed by atoms with Gasteiger partial charge >= 0.3 is 0 Å². The van der Waals surface area contributed by atoms with E-state index in [0.29, 0.717) is 18.4 Å². The van der Waals surface area contributed by atoms with E-state index in [1.165, 1.54) is 9.75 Å². The molecule has 0 spiro atoms. The van der Waals surface area contributed by atoms with E-state index in [9.17, 15) is 0 Å². The maximum absolute atomic E-state index is 5.33. The van der Waals surface area contributed by atoms with Crippen LogP contribution in [0.5, 0.6) is 0 Å². The van der Waals surface area contributed by atoms with Crippen molar-refractivity contribution in [3.63, 3.8) is 0 Å². The molecule has 18 heavy (non-hydrogen) atoms. The fourth-order valence-electron chi connectivity index (χ4n) is 2.15.